The lowest BCUT2D eigenvalue weighted by molar-refractivity contribution is -0.163. The van der Waals surface area contributed by atoms with Crippen LogP contribution in [0.1, 0.15) is 145 Å². The van der Waals surface area contributed by atoms with Crippen molar-refractivity contribution in [3.05, 3.63) is 48.0 Å². The molecule has 17 nitrogen and oxygen atoms in total. The predicted octanol–water partition coefficient (Wildman–Crippen LogP) is 6.17. The van der Waals surface area contributed by atoms with Crippen molar-refractivity contribution in [2.24, 2.45) is 17.3 Å². The van der Waals surface area contributed by atoms with E-state index in [1.807, 2.05) is 42.5 Å². The quantitative estimate of drug-likeness (QED) is 0.0356. The number of amides is 5. The van der Waals surface area contributed by atoms with E-state index >= 15 is 0 Å². The highest BCUT2D eigenvalue weighted by atomic mass is 16.6. The fourth-order valence-electron chi connectivity index (χ4n) is 8.27. The van der Waals surface area contributed by atoms with E-state index < -0.39 is 76.2 Å². The number of rotatable bonds is 21. The van der Waals surface area contributed by atoms with E-state index in [1.54, 1.807) is 62.3 Å². The van der Waals surface area contributed by atoms with E-state index in [-0.39, 0.29) is 55.9 Å². The monoisotopic (exact) mass is 950 g/mol. The predicted molar refractivity (Wildman–Crippen MR) is 255 cm³/mol. The standard InChI is InChI=1S/C51H75N5O12/c1-48(2,3)66-40(57)25-24-38(44(61)68-50(7,8)9)56-47(65)55-37(43(60)67-49(4,5)6)17-12-13-28-52-42(59)39(30-33-20-21-34-15-10-11-16-36(34)29-33)54-41(58)35-22-18-32(19-23-35)31-53-45(62)51(46(63)64)26-14-27-51/h10-11,15-16,20-21,29,32,35,37-39H,12-14,17-19,22-28,30-31H2,1-9H3,(H,52,59)(H,53,62)(H,54,58)(H,63,64)(H2,55,56,65)/t32?,35?,37-,38-,39-/m0/s1. The van der Waals surface area contributed by atoms with Gasteiger partial charge in [0.1, 0.15) is 40.3 Å². The number of nitrogens with one attached hydrogen (secondary N) is 5. The zero-order valence-corrected chi connectivity index (χ0v) is 41.5. The van der Waals surface area contributed by atoms with Gasteiger partial charge < -0.3 is 45.9 Å². The van der Waals surface area contributed by atoms with Gasteiger partial charge in [-0.15, -0.1) is 0 Å². The molecule has 2 aromatic carbocycles. The van der Waals surface area contributed by atoms with Gasteiger partial charge in [-0.1, -0.05) is 48.9 Å². The minimum absolute atomic E-state index is 0.107. The van der Waals surface area contributed by atoms with Gasteiger partial charge in [0.25, 0.3) is 0 Å². The van der Waals surface area contributed by atoms with Gasteiger partial charge in [0.15, 0.2) is 0 Å². The molecule has 0 spiro atoms. The average molecular weight is 950 g/mol. The van der Waals surface area contributed by atoms with E-state index in [0.29, 0.717) is 64.3 Å². The van der Waals surface area contributed by atoms with Crippen LogP contribution in [0.4, 0.5) is 4.79 Å². The number of hydrogen-bond donors (Lipinski definition) is 6. The summed E-state index contributed by atoms with van der Waals surface area (Å²) in [5.74, 6) is -4.41. The second-order valence-corrected chi connectivity index (χ2v) is 21.3. The van der Waals surface area contributed by atoms with Crippen molar-refractivity contribution in [2.45, 2.75) is 181 Å². The molecule has 0 heterocycles. The van der Waals surface area contributed by atoms with Crippen LogP contribution in [0.25, 0.3) is 10.8 Å². The number of carbonyl (C=O) groups is 8. The first-order valence-corrected chi connectivity index (χ1v) is 24.1. The molecule has 68 heavy (non-hydrogen) atoms. The number of benzene rings is 2. The van der Waals surface area contributed by atoms with Gasteiger partial charge in [-0.05, 0) is 149 Å². The van der Waals surface area contributed by atoms with E-state index in [9.17, 15) is 43.5 Å². The number of carboxylic acid groups (broad SMARTS) is 1. The van der Waals surface area contributed by atoms with Gasteiger partial charge in [0.05, 0.1) is 0 Å². The molecule has 4 rings (SSSR count). The first kappa shape index (κ1) is 54.9. The third-order valence-electron chi connectivity index (χ3n) is 12.0. The number of hydrogen-bond acceptors (Lipinski definition) is 11. The van der Waals surface area contributed by atoms with Crippen molar-refractivity contribution in [2.75, 3.05) is 13.1 Å². The van der Waals surface area contributed by atoms with Crippen LogP contribution in [0.3, 0.4) is 0 Å². The van der Waals surface area contributed by atoms with Crippen LogP contribution in [-0.2, 0) is 54.2 Å². The summed E-state index contributed by atoms with van der Waals surface area (Å²) in [6.07, 6.45) is 4.64. The summed E-state index contributed by atoms with van der Waals surface area (Å²) in [6, 6.07) is 9.64. The molecule has 2 aliphatic rings. The average Bonchev–Trinajstić information content (AvgIpc) is 3.21. The SMILES string of the molecule is CC(C)(C)OC(=O)CC[C@H](NC(=O)N[C@@H](CCCCNC(=O)[C@H](Cc1ccc2ccccc2c1)NC(=O)C1CCC(CNC(=O)C2(C(=O)O)CCC2)CC1)C(=O)OC(C)(C)C)C(=O)OC(C)(C)C. The number of carboxylic acids is 1. The molecular formula is C51H75N5O12. The van der Waals surface area contributed by atoms with Crippen LogP contribution in [0.2, 0.25) is 0 Å². The van der Waals surface area contributed by atoms with Crippen LogP contribution in [0.15, 0.2) is 42.5 Å². The van der Waals surface area contributed by atoms with Crippen molar-refractivity contribution in [1.29, 1.82) is 0 Å². The Morgan fingerprint density at radius 2 is 1.25 bits per heavy atom. The maximum Gasteiger partial charge on any atom is 0.329 e. The van der Waals surface area contributed by atoms with Crippen molar-refractivity contribution >= 4 is 58.4 Å². The Labute approximate surface area is 400 Å². The molecule has 2 fully saturated rings. The molecule has 0 aromatic heterocycles. The highest BCUT2D eigenvalue weighted by Gasteiger charge is 2.51. The fraction of sp³-hybridized carbons (Fsp3) is 0.647. The van der Waals surface area contributed by atoms with Crippen molar-refractivity contribution in [1.82, 2.24) is 26.6 Å². The number of urea groups is 1. The van der Waals surface area contributed by atoms with Gasteiger partial charge in [-0.2, -0.15) is 0 Å². The van der Waals surface area contributed by atoms with Crippen molar-refractivity contribution in [3.8, 4) is 0 Å². The Hall–Kier alpha value is -5.74. The maximum absolute atomic E-state index is 13.9. The first-order chi connectivity index (χ1) is 31.7. The molecule has 0 radical (unpaired) electrons. The Morgan fingerprint density at radius 1 is 0.676 bits per heavy atom. The number of esters is 3. The van der Waals surface area contributed by atoms with Gasteiger partial charge in [0.2, 0.25) is 17.7 Å². The molecule has 5 amide bonds. The molecule has 2 aliphatic carbocycles. The lowest BCUT2D eigenvalue weighted by Crippen LogP contribution is -2.53. The summed E-state index contributed by atoms with van der Waals surface area (Å²) in [7, 11) is 0. The van der Waals surface area contributed by atoms with E-state index in [2.05, 4.69) is 26.6 Å². The summed E-state index contributed by atoms with van der Waals surface area (Å²) in [4.78, 5) is 105. The fourth-order valence-corrected chi connectivity index (χ4v) is 8.27. The highest BCUT2D eigenvalue weighted by molar-refractivity contribution is 6.02. The molecule has 3 atom stereocenters. The third kappa shape index (κ3) is 17.7. The van der Waals surface area contributed by atoms with Gasteiger partial charge >= 0.3 is 29.9 Å². The minimum Gasteiger partial charge on any atom is -0.480 e. The normalized spacial score (nSPS) is 18.3. The summed E-state index contributed by atoms with van der Waals surface area (Å²) in [6.45, 7) is 15.8. The molecule has 376 valence electrons. The third-order valence-corrected chi connectivity index (χ3v) is 12.0. The highest BCUT2D eigenvalue weighted by Crippen LogP contribution is 2.41. The van der Waals surface area contributed by atoms with Gasteiger partial charge in [-0.25, -0.2) is 14.4 Å². The number of unbranched alkanes of at least 4 members (excludes halogenated alkanes) is 1. The molecular weight excluding hydrogens is 875 g/mol. The van der Waals surface area contributed by atoms with Crippen molar-refractivity contribution in [3.63, 3.8) is 0 Å². The number of fused-ring (bicyclic) bond motifs is 1. The van der Waals surface area contributed by atoms with Crippen molar-refractivity contribution < 1.29 is 57.7 Å². The maximum atomic E-state index is 13.9. The van der Waals surface area contributed by atoms with E-state index in [0.717, 1.165) is 16.3 Å². The topological polar surface area (TPSA) is 245 Å². The molecule has 2 saturated carbocycles. The lowest BCUT2D eigenvalue weighted by Gasteiger charge is -2.36. The van der Waals surface area contributed by atoms with Gasteiger partial charge in [0, 0.05) is 31.8 Å². The summed E-state index contributed by atoms with van der Waals surface area (Å²) in [5, 5.41) is 25.7. The second-order valence-electron chi connectivity index (χ2n) is 21.3. The summed E-state index contributed by atoms with van der Waals surface area (Å²) in [5.41, 5.74) is -2.99. The molecule has 0 unspecified atom stereocenters. The molecule has 0 bridgehead atoms. The largest absolute Gasteiger partial charge is 0.480 e. The first-order valence-electron chi connectivity index (χ1n) is 24.1. The zero-order valence-electron chi connectivity index (χ0n) is 41.5. The molecule has 0 saturated heterocycles. The summed E-state index contributed by atoms with van der Waals surface area (Å²) >= 11 is 0. The Morgan fingerprint density at radius 3 is 1.79 bits per heavy atom. The summed E-state index contributed by atoms with van der Waals surface area (Å²) < 4.78 is 16.5. The zero-order chi connectivity index (χ0) is 50.5. The van der Waals surface area contributed by atoms with Crippen LogP contribution < -0.4 is 26.6 Å². The molecule has 2 aromatic rings. The van der Waals surface area contributed by atoms with Crippen LogP contribution in [-0.4, -0.2) is 101 Å². The number of aliphatic carboxylic acids is 1. The second kappa shape index (κ2) is 24.0. The number of ether oxygens (including phenoxy) is 3. The van der Waals surface area contributed by atoms with Gasteiger partial charge in [-0.3, -0.25) is 24.0 Å². The van der Waals surface area contributed by atoms with Crippen LogP contribution >= 0.6 is 0 Å². The minimum atomic E-state index is -1.33. The smallest absolute Gasteiger partial charge is 0.329 e. The molecule has 6 N–H and O–H groups in total. The molecule has 0 aliphatic heterocycles. The van der Waals surface area contributed by atoms with E-state index in [4.69, 9.17) is 14.2 Å². The Kier molecular flexibility index (Phi) is 19.4. The Bertz CT molecular complexity index is 2110. The lowest BCUT2D eigenvalue weighted by atomic mass is 9.68. The molecule has 17 heteroatoms. The van der Waals surface area contributed by atoms with Crippen LogP contribution in [0.5, 0.6) is 0 Å². The van der Waals surface area contributed by atoms with Crippen LogP contribution in [0, 0.1) is 17.3 Å². The van der Waals surface area contributed by atoms with E-state index in [1.165, 1.54) is 0 Å². The number of carbonyl (C=O) groups excluding carboxylic acids is 7. The Balaban J connectivity index is 1.36.